The summed E-state index contributed by atoms with van der Waals surface area (Å²) in [4.78, 5) is 22.6. The number of nitrogens with two attached hydrogens (primary N) is 1. The molecule has 3 aromatic rings. The lowest BCUT2D eigenvalue weighted by molar-refractivity contribution is 0.0990. The summed E-state index contributed by atoms with van der Waals surface area (Å²) in [6, 6.07) is 7.77. The van der Waals surface area contributed by atoms with Gasteiger partial charge >= 0.3 is 0 Å². The smallest absolute Gasteiger partial charge is 0.267 e. The molecule has 3 heterocycles. The predicted octanol–water partition coefficient (Wildman–Crippen LogP) is 2.72. The lowest BCUT2D eigenvalue weighted by Crippen LogP contribution is -2.32. The fraction of sp³-hybridized carbons (Fsp3) is 0.300. The molecule has 0 saturated heterocycles. The van der Waals surface area contributed by atoms with Crippen LogP contribution in [-0.4, -0.2) is 38.8 Å². The second-order valence-electron chi connectivity index (χ2n) is 7.64. The van der Waals surface area contributed by atoms with Gasteiger partial charge in [-0.15, -0.1) is 0 Å². The van der Waals surface area contributed by atoms with Crippen LogP contribution in [0.3, 0.4) is 0 Å². The zero-order chi connectivity index (χ0) is 19.9. The largest absolute Gasteiger partial charge is 0.475 e. The first-order valence-corrected chi connectivity index (χ1v) is 9.05. The van der Waals surface area contributed by atoms with Crippen molar-refractivity contribution in [2.45, 2.75) is 26.3 Å². The van der Waals surface area contributed by atoms with E-state index in [2.05, 4.69) is 35.8 Å². The molecule has 144 valence electrons. The van der Waals surface area contributed by atoms with Gasteiger partial charge in [0.25, 0.3) is 5.91 Å². The van der Waals surface area contributed by atoms with Crippen LogP contribution < -0.4 is 15.4 Å². The van der Waals surface area contributed by atoms with Crippen molar-refractivity contribution in [2.75, 3.05) is 23.8 Å². The third-order valence-corrected chi connectivity index (χ3v) is 4.64. The van der Waals surface area contributed by atoms with Crippen LogP contribution in [0.5, 0.6) is 5.88 Å². The summed E-state index contributed by atoms with van der Waals surface area (Å²) in [6.45, 7) is 7.04. The summed E-state index contributed by atoms with van der Waals surface area (Å²) < 4.78 is 7.51. The number of anilines is 2. The fourth-order valence-electron chi connectivity index (χ4n) is 3.08. The van der Waals surface area contributed by atoms with Crippen LogP contribution in [0.4, 0.5) is 11.5 Å². The quantitative estimate of drug-likeness (QED) is 0.736. The van der Waals surface area contributed by atoms with E-state index in [1.54, 1.807) is 4.90 Å². The third kappa shape index (κ3) is 3.17. The molecule has 2 aromatic heterocycles. The number of nitrogens with zero attached hydrogens (tertiary/aromatic N) is 5. The standard InChI is InChI=1S/C20H22N6O2/c1-20(2,3)26-11-14(10-24-26)13-4-6-15(7-5-13)25-8-9-28-18-16(19(25)27)17(21)22-12-23-18/h4-7,10-12H,8-9H2,1-3H3,(H2,21,22,23). The van der Waals surface area contributed by atoms with Crippen LogP contribution in [0.25, 0.3) is 11.1 Å². The number of hydrogen-bond acceptors (Lipinski definition) is 6. The molecule has 0 aliphatic carbocycles. The van der Waals surface area contributed by atoms with Crippen LogP contribution in [-0.2, 0) is 5.54 Å². The molecule has 0 spiro atoms. The van der Waals surface area contributed by atoms with Gasteiger partial charge in [0, 0.05) is 17.4 Å². The normalized spacial score (nSPS) is 14.4. The lowest BCUT2D eigenvalue weighted by atomic mass is 10.1. The second-order valence-corrected chi connectivity index (χ2v) is 7.64. The van der Waals surface area contributed by atoms with Gasteiger partial charge < -0.3 is 15.4 Å². The first-order chi connectivity index (χ1) is 13.3. The van der Waals surface area contributed by atoms with E-state index in [1.165, 1.54) is 6.33 Å². The highest BCUT2D eigenvalue weighted by Gasteiger charge is 2.28. The monoisotopic (exact) mass is 378 g/mol. The molecule has 28 heavy (non-hydrogen) atoms. The fourth-order valence-corrected chi connectivity index (χ4v) is 3.08. The van der Waals surface area contributed by atoms with Gasteiger partial charge in [-0.05, 0) is 38.5 Å². The second kappa shape index (κ2) is 6.63. The van der Waals surface area contributed by atoms with Gasteiger partial charge in [0.1, 0.15) is 24.3 Å². The Morgan fingerprint density at radius 1 is 1.11 bits per heavy atom. The van der Waals surface area contributed by atoms with Gasteiger partial charge in [-0.2, -0.15) is 5.10 Å². The summed E-state index contributed by atoms with van der Waals surface area (Å²) in [5, 5.41) is 4.44. The van der Waals surface area contributed by atoms with E-state index in [1.807, 2.05) is 41.3 Å². The van der Waals surface area contributed by atoms with Crippen molar-refractivity contribution in [1.29, 1.82) is 0 Å². The molecule has 0 unspecified atom stereocenters. The molecule has 8 nitrogen and oxygen atoms in total. The summed E-state index contributed by atoms with van der Waals surface area (Å²) in [6.07, 6.45) is 5.16. The molecule has 1 amide bonds. The lowest BCUT2D eigenvalue weighted by Gasteiger charge is -2.20. The van der Waals surface area contributed by atoms with Crippen molar-refractivity contribution in [3.8, 4) is 17.0 Å². The number of nitrogen functional groups attached to an aromatic ring is 1. The van der Waals surface area contributed by atoms with E-state index in [4.69, 9.17) is 10.5 Å². The van der Waals surface area contributed by atoms with Gasteiger partial charge in [-0.1, -0.05) is 12.1 Å². The van der Waals surface area contributed by atoms with Gasteiger partial charge in [0.15, 0.2) is 0 Å². The zero-order valence-corrected chi connectivity index (χ0v) is 16.1. The number of amides is 1. The number of rotatable bonds is 2. The van der Waals surface area contributed by atoms with Crippen molar-refractivity contribution in [1.82, 2.24) is 19.7 Å². The van der Waals surface area contributed by atoms with Crippen molar-refractivity contribution in [3.63, 3.8) is 0 Å². The summed E-state index contributed by atoms with van der Waals surface area (Å²) >= 11 is 0. The Hall–Kier alpha value is -3.42. The average Bonchev–Trinajstić information content (AvgIpc) is 3.09. The third-order valence-electron chi connectivity index (χ3n) is 4.64. The van der Waals surface area contributed by atoms with Crippen molar-refractivity contribution >= 4 is 17.4 Å². The number of ether oxygens (including phenoxy) is 1. The number of fused-ring (bicyclic) bond motifs is 1. The van der Waals surface area contributed by atoms with Gasteiger partial charge in [-0.3, -0.25) is 9.48 Å². The Labute approximate surface area is 163 Å². The minimum Gasteiger partial charge on any atom is -0.475 e. The Kier molecular flexibility index (Phi) is 4.26. The van der Waals surface area contributed by atoms with Gasteiger partial charge in [0.05, 0.1) is 18.3 Å². The molecule has 0 bridgehead atoms. The number of carbonyl (C=O) groups excluding carboxylic acids is 1. The highest BCUT2D eigenvalue weighted by molar-refractivity contribution is 6.10. The maximum absolute atomic E-state index is 13.0. The van der Waals surface area contributed by atoms with Crippen LogP contribution >= 0.6 is 0 Å². The van der Waals surface area contributed by atoms with E-state index in [0.29, 0.717) is 13.2 Å². The zero-order valence-electron chi connectivity index (χ0n) is 16.1. The Morgan fingerprint density at radius 2 is 1.86 bits per heavy atom. The molecule has 0 saturated carbocycles. The molecule has 2 N–H and O–H groups in total. The summed E-state index contributed by atoms with van der Waals surface area (Å²) in [5.74, 6) is 0.0817. The van der Waals surface area contributed by atoms with Gasteiger partial charge in [-0.25, -0.2) is 9.97 Å². The van der Waals surface area contributed by atoms with E-state index in [0.717, 1.165) is 16.8 Å². The van der Waals surface area contributed by atoms with E-state index >= 15 is 0 Å². The average molecular weight is 378 g/mol. The van der Waals surface area contributed by atoms with E-state index in [-0.39, 0.29) is 28.7 Å². The topological polar surface area (TPSA) is 99.2 Å². The Bertz CT molecular complexity index is 1020. The van der Waals surface area contributed by atoms with Crippen molar-refractivity contribution in [2.24, 2.45) is 0 Å². The minimum absolute atomic E-state index is 0.0773. The van der Waals surface area contributed by atoms with Crippen molar-refractivity contribution in [3.05, 3.63) is 48.5 Å². The molecular weight excluding hydrogens is 356 g/mol. The first kappa shape index (κ1) is 18.0. The maximum atomic E-state index is 13.0. The van der Waals surface area contributed by atoms with Gasteiger partial charge in [0.2, 0.25) is 5.88 Å². The van der Waals surface area contributed by atoms with Crippen LogP contribution in [0.1, 0.15) is 31.1 Å². The number of aromatic nitrogens is 4. The van der Waals surface area contributed by atoms with E-state index < -0.39 is 0 Å². The molecule has 1 aliphatic rings. The molecule has 1 aliphatic heterocycles. The van der Waals surface area contributed by atoms with Crippen LogP contribution in [0.15, 0.2) is 43.0 Å². The summed E-state index contributed by atoms with van der Waals surface area (Å²) in [7, 11) is 0. The van der Waals surface area contributed by atoms with Crippen molar-refractivity contribution < 1.29 is 9.53 Å². The van der Waals surface area contributed by atoms with E-state index in [9.17, 15) is 4.79 Å². The number of benzene rings is 1. The number of hydrogen-bond donors (Lipinski definition) is 1. The molecule has 1 aromatic carbocycles. The first-order valence-electron chi connectivity index (χ1n) is 9.05. The number of carbonyl (C=O) groups is 1. The highest BCUT2D eigenvalue weighted by atomic mass is 16.5. The Balaban J connectivity index is 1.63. The molecule has 0 radical (unpaired) electrons. The Morgan fingerprint density at radius 3 is 2.54 bits per heavy atom. The SMILES string of the molecule is CC(C)(C)n1cc(-c2ccc(N3CCOc4ncnc(N)c4C3=O)cc2)cn1. The predicted molar refractivity (Wildman–Crippen MR) is 106 cm³/mol. The maximum Gasteiger partial charge on any atom is 0.267 e. The molecule has 8 heteroatoms. The molecule has 0 fully saturated rings. The summed E-state index contributed by atoms with van der Waals surface area (Å²) in [5.41, 5.74) is 8.83. The van der Waals surface area contributed by atoms with Crippen LogP contribution in [0.2, 0.25) is 0 Å². The highest BCUT2D eigenvalue weighted by Crippen LogP contribution is 2.29. The molecule has 4 rings (SSSR count). The molecular formula is C20H22N6O2. The molecule has 0 atom stereocenters. The minimum atomic E-state index is -0.265. The van der Waals surface area contributed by atoms with Crippen LogP contribution in [0, 0.1) is 0 Å².